The number of rotatable bonds is 8. The number of carbonyl (C=O) groups excluding carboxylic acids is 2. The second-order valence-corrected chi connectivity index (χ2v) is 11.4. The molecule has 12 heteroatoms. The molecule has 3 aromatic heterocycles. The van der Waals surface area contributed by atoms with Gasteiger partial charge in [0.15, 0.2) is 5.65 Å². The topological polar surface area (TPSA) is 153 Å². The number of hydrogen-bond acceptors (Lipinski definition) is 10. The van der Waals surface area contributed by atoms with Crippen molar-refractivity contribution >= 4 is 34.5 Å². The predicted molar refractivity (Wildman–Crippen MR) is 169 cm³/mol. The molecule has 2 aliphatic rings. The molecule has 1 unspecified atom stereocenters. The number of nitrogen functional groups attached to an aromatic ring is 1. The first-order valence-electron chi connectivity index (χ1n) is 15.1. The molecule has 7 rings (SSSR count). The summed E-state index contributed by atoms with van der Waals surface area (Å²) < 4.78 is 7.98. The molecule has 0 radical (unpaired) electrons. The molecule has 2 aromatic carbocycles. The molecule has 2 amide bonds. The number of ether oxygens (including phenoxy) is 1. The highest BCUT2D eigenvalue weighted by molar-refractivity contribution is 6.01. The van der Waals surface area contributed by atoms with Gasteiger partial charge in [0.05, 0.1) is 11.4 Å². The van der Waals surface area contributed by atoms with Gasteiger partial charge in [0.1, 0.15) is 41.2 Å². The summed E-state index contributed by atoms with van der Waals surface area (Å²) in [6.07, 6.45) is 5.94. The minimum Gasteiger partial charge on any atom is -0.457 e. The first kappa shape index (κ1) is 28.4. The summed E-state index contributed by atoms with van der Waals surface area (Å²) in [6, 6.07) is 21.1. The number of pyridine rings is 1. The Morgan fingerprint density at radius 1 is 0.911 bits per heavy atom. The molecule has 4 N–H and O–H groups in total. The molecule has 5 heterocycles. The first-order chi connectivity index (χ1) is 22.0. The van der Waals surface area contributed by atoms with E-state index in [-0.39, 0.29) is 17.9 Å². The van der Waals surface area contributed by atoms with Crippen molar-refractivity contribution in [1.29, 1.82) is 0 Å². The number of likely N-dealkylation sites (tertiary alicyclic amines) is 1. The van der Waals surface area contributed by atoms with E-state index in [2.05, 4.69) is 30.5 Å². The number of fused-ring (bicyclic) bond motifs is 1. The Labute approximate surface area is 259 Å². The molecule has 0 spiro atoms. The van der Waals surface area contributed by atoms with Crippen LogP contribution < -0.4 is 21.1 Å². The smallest absolute Gasteiger partial charge is 0.249 e. The van der Waals surface area contributed by atoms with Gasteiger partial charge >= 0.3 is 0 Å². The van der Waals surface area contributed by atoms with E-state index in [0.29, 0.717) is 24.5 Å². The summed E-state index contributed by atoms with van der Waals surface area (Å²) in [5.74, 6) is 2.00. The molecule has 0 saturated carbocycles. The maximum absolute atomic E-state index is 12.0. The summed E-state index contributed by atoms with van der Waals surface area (Å²) in [6.45, 7) is 2.56. The van der Waals surface area contributed by atoms with E-state index in [9.17, 15) is 9.59 Å². The normalized spacial score (nSPS) is 17.7. The number of imide groups is 1. The number of hydrogen-bond donors (Lipinski definition) is 3. The zero-order valence-electron chi connectivity index (χ0n) is 24.6. The highest BCUT2D eigenvalue weighted by atomic mass is 16.5. The number of nitrogens with zero attached hydrogens (tertiary/aromatic N) is 6. The molecule has 0 bridgehead atoms. The number of benzene rings is 2. The predicted octanol–water partition coefficient (Wildman–Crippen LogP) is 4.32. The van der Waals surface area contributed by atoms with Gasteiger partial charge in [0.2, 0.25) is 11.8 Å². The van der Waals surface area contributed by atoms with E-state index in [1.165, 1.54) is 6.33 Å². The highest BCUT2D eigenvalue weighted by Crippen LogP contribution is 2.35. The summed E-state index contributed by atoms with van der Waals surface area (Å²) >= 11 is 0. The van der Waals surface area contributed by atoms with Crippen molar-refractivity contribution in [2.24, 2.45) is 0 Å². The lowest BCUT2D eigenvalue weighted by Crippen LogP contribution is -2.47. The number of para-hydroxylation sites is 1. The Bertz CT molecular complexity index is 1820. The van der Waals surface area contributed by atoms with Crippen LogP contribution in [0.1, 0.15) is 37.3 Å². The van der Waals surface area contributed by atoms with Crippen LogP contribution in [0.3, 0.4) is 0 Å². The summed E-state index contributed by atoms with van der Waals surface area (Å²) in [5, 5.41) is 11.3. The quantitative estimate of drug-likeness (QED) is 0.219. The van der Waals surface area contributed by atoms with Crippen molar-refractivity contribution < 1.29 is 14.3 Å². The summed E-state index contributed by atoms with van der Waals surface area (Å²) in [4.78, 5) is 39.2. The number of carbonyl (C=O) groups is 2. The van der Waals surface area contributed by atoms with Crippen molar-refractivity contribution in [1.82, 2.24) is 34.9 Å². The number of aromatic nitrogens is 5. The minimum atomic E-state index is -0.451. The molecule has 5 aromatic rings. The Hall–Kier alpha value is -5.36. The van der Waals surface area contributed by atoms with Crippen LogP contribution in [0.5, 0.6) is 11.5 Å². The van der Waals surface area contributed by atoms with Gasteiger partial charge in [0.25, 0.3) is 0 Å². The summed E-state index contributed by atoms with van der Waals surface area (Å²) in [5.41, 5.74) is 9.88. The third-order valence-corrected chi connectivity index (χ3v) is 8.32. The highest BCUT2D eigenvalue weighted by Gasteiger charge is 2.28. The maximum Gasteiger partial charge on any atom is 0.249 e. The van der Waals surface area contributed by atoms with Crippen LogP contribution in [0.2, 0.25) is 0 Å². The Morgan fingerprint density at radius 2 is 1.69 bits per heavy atom. The average molecular weight is 604 g/mol. The third-order valence-electron chi connectivity index (χ3n) is 8.32. The van der Waals surface area contributed by atoms with E-state index < -0.39 is 6.04 Å². The zero-order chi connectivity index (χ0) is 30.8. The molecule has 12 nitrogen and oxygen atoms in total. The van der Waals surface area contributed by atoms with Gasteiger partial charge in [-0.05, 0) is 67.3 Å². The van der Waals surface area contributed by atoms with Gasteiger partial charge in [-0.3, -0.25) is 19.8 Å². The van der Waals surface area contributed by atoms with Gasteiger partial charge in [0, 0.05) is 37.8 Å². The largest absolute Gasteiger partial charge is 0.457 e. The van der Waals surface area contributed by atoms with Crippen molar-refractivity contribution in [3.63, 3.8) is 0 Å². The monoisotopic (exact) mass is 603 g/mol. The van der Waals surface area contributed by atoms with Crippen molar-refractivity contribution in [3.8, 4) is 22.8 Å². The number of piperidine rings is 2. The molecule has 2 fully saturated rings. The molecular formula is C33H33N9O3. The first-order valence-corrected chi connectivity index (χ1v) is 15.1. The molecule has 2 saturated heterocycles. The number of nitrogens with two attached hydrogens (primary N) is 1. The standard InChI is InChI=1S/C33H33N9O3/c34-31-29-30(22-7-9-25(10-8-22)45-24-4-2-1-3-5-24)40-42(32(29)37-20-36-31)23-14-16-41(17-15-23)19-21-6-12-27(35-18-21)38-26-11-13-28(43)39-33(26)44/h1-10,12,18,20,23,26H,11,13-17,19H2,(H,35,38)(H2,34,36,37)(H,39,43,44). The minimum absolute atomic E-state index is 0.172. The van der Waals surface area contributed by atoms with Crippen LogP contribution in [0.4, 0.5) is 11.6 Å². The number of anilines is 2. The molecule has 2 aliphatic heterocycles. The summed E-state index contributed by atoms with van der Waals surface area (Å²) in [7, 11) is 0. The fraction of sp³-hybridized carbons (Fsp3) is 0.273. The van der Waals surface area contributed by atoms with Gasteiger partial charge in [-0.25, -0.2) is 19.6 Å². The SMILES string of the molecule is Nc1ncnc2c1c(-c1ccc(Oc3ccccc3)cc1)nn2C1CCN(Cc2ccc(NC3CCC(=O)NC3=O)nc2)CC1. The molecule has 1 atom stereocenters. The van der Waals surface area contributed by atoms with E-state index in [0.717, 1.165) is 71.8 Å². The second kappa shape index (κ2) is 12.3. The third kappa shape index (κ3) is 6.18. The fourth-order valence-electron chi connectivity index (χ4n) is 5.95. The molecule has 0 aliphatic carbocycles. The Balaban J connectivity index is 1.01. The van der Waals surface area contributed by atoms with Crippen molar-refractivity contribution in [3.05, 3.63) is 84.8 Å². The lowest BCUT2D eigenvalue weighted by molar-refractivity contribution is -0.133. The van der Waals surface area contributed by atoms with E-state index >= 15 is 0 Å². The van der Waals surface area contributed by atoms with Crippen molar-refractivity contribution in [2.45, 2.75) is 44.3 Å². The van der Waals surface area contributed by atoms with Crippen LogP contribution in [-0.4, -0.2) is 60.6 Å². The zero-order valence-corrected chi connectivity index (χ0v) is 24.6. The van der Waals surface area contributed by atoms with Gasteiger partial charge in [-0.1, -0.05) is 24.3 Å². The van der Waals surface area contributed by atoms with Gasteiger partial charge in [-0.2, -0.15) is 5.10 Å². The van der Waals surface area contributed by atoms with Crippen LogP contribution in [0.15, 0.2) is 79.3 Å². The molecule has 45 heavy (non-hydrogen) atoms. The average Bonchev–Trinajstić information content (AvgIpc) is 3.45. The Kier molecular flexibility index (Phi) is 7.78. The lowest BCUT2D eigenvalue weighted by Gasteiger charge is -2.32. The number of amides is 2. The number of nitrogens with one attached hydrogen (secondary N) is 2. The van der Waals surface area contributed by atoms with Crippen LogP contribution in [-0.2, 0) is 16.1 Å². The maximum atomic E-state index is 12.0. The van der Waals surface area contributed by atoms with Gasteiger partial charge < -0.3 is 15.8 Å². The van der Waals surface area contributed by atoms with E-state index in [1.807, 2.05) is 77.6 Å². The fourth-order valence-corrected chi connectivity index (χ4v) is 5.95. The molecule has 228 valence electrons. The Morgan fingerprint density at radius 3 is 2.42 bits per heavy atom. The van der Waals surface area contributed by atoms with E-state index in [1.54, 1.807) is 0 Å². The lowest BCUT2D eigenvalue weighted by atomic mass is 10.0. The van der Waals surface area contributed by atoms with E-state index in [4.69, 9.17) is 15.6 Å². The van der Waals surface area contributed by atoms with Crippen molar-refractivity contribution in [2.75, 3.05) is 24.1 Å². The van der Waals surface area contributed by atoms with Crippen LogP contribution in [0, 0.1) is 0 Å². The van der Waals surface area contributed by atoms with Gasteiger partial charge in [-0.15, -0.1) is 0 Å². The van der Waals surface area contributed by atoms with Crippen LogP contribution >= 0.6 is 0 Å². The van der Waals surface area contributed by atoms with Crippen LogP contribution in [0.25, 0.3) is 22.3 Å². The molecular weight excluding hydrogens is 570 g/mol. The second-order valence-electron chi connectivity index (χ2n) is 11.4.